The van der Waals surface area contributed by atoms with E-state index in [4.69, 9.17) is 4.74 Å². The number of hydrogen-bond donors (Lipinski definition) is 2. The van der Waals surface area contributed by atoms with Crippen molar-refractivity contribution in [3.8, 4) is 0 Å². The molecule has 106 valence electrons. The van der Waals surface area contributed by atoms with Crippen LogP contribution in [0.15, 0.2) is 0 Å². The Balaban J connectivity index is 3.99. The Morgan fingerprint density at radius 2 is 1.83 bits per heavy atom. The molecule has 5 nitrogen and oxygen atoms in total. The molecule has 0 radical (unpaired) electrons. The third-order valence-electron chi connectivity index (χ3n) is 2.77. The largest absolute Gasteiger partial charge is 0.375 e. The lowest BCUT2D eigenvalue weighted by Crippen LogP contribution is -2.46. The lowest BCUT2D eigenvalue weighted by atomic mass is 10.1. The molecule has 0 saturated carbocycles. The van der Waals surface area contributed by atoms with Gasteiger partial charge in [0, 0.05) is 14.2 Å². The SMILES string of the molecule is CCCCCCC[C@H](NC(=O)COC)C(=O)NC. The molecule has 0 spiro atoms. The molecule has 2 amide bonds. The van der Waals surface area contributed by atoms with Crippen LogP contribution in [-0.2, 0) is 14.3 Å². The maximum absolute atomic E-state index is 11.6. The molecule has 0 aliphatic rings. The normalized spacial score (nSPS) is 11.9. The highest BCUT2D eigenvalue weighted by Crippen LogP contribution is 2.07. The molecule has 0 unspecified atom stereocenters. The van der Waals surface area contributed by atoms with Crippen LogP contribution < -0.4 is 10.6 Å². The first-order chi connectivity index (χ1) is 8.65. The number of methoxy groups -OCH3 is 1. The standard InChI is InChI=1S/C13H26N2O3/c1-4-5-6-7-8-9-11(13(17)14-2)15-12(16)10-18-3/h11H,4-10H2,1-3H3,(H,14,17)(H,15,16)/t11-/m0/s1. The van der Waals surface area contributed by atoms with Gasteiger partial charge < -0.3 is 15.4 Å². The van der Waals surface area contributed by atoms with E-state index < -0.39 is 6.04 Å². The fourth-order valence-corrected chi connectivity index (χ4v) is 1.76. The zero-order chi connectivity index (χ0) is 13.8. The van der Waals surface area contributed by atoms with Crippen LogP contribution in [0.3, 0.4) is 0 Å². The Morgan fingerprint density at radius 3 is 2.39 bits per heavy atom. The average molecular weight is 258 g/mol. The Hall–Kier alpha value is -1.10. The lowest BCUT2D eigenvalue weighted by Gasteiger charge is -2.17. The first kappa shape index (κ1) is 16.9. The summed E-state index contributed by atoms with van der Waals surface area (Å²) in [5, 5.41) is 5.25. The number of amides is 2. The number of likely N-dealkylation sites (N-methyl/N-ethyl adjacent to an activating group) is 1. The van der Waals surface area contributed by atoms with Crippen LogP contribution in [0.4, 0.5) is 0 Å². The summed E-state index contributed by atoms with van der Waals surface area (Å²) in [5.74, 6) is -0.394. The molecule has 0 aliphatic carbocycles. The molecule has 1 atom stereocenters. The van der Waals surface area contributed by atoms with Crippen molar-refractivity contribution in [1.82, 2.24) is 10.6 Å². The quantitative estimate of drug-likeness (QED) is 0.579. The topological polar surface area (TPSA) is 67.4 Å². The van der Waals surface area contributed by atoms with Crippen LogP contribution in [0, 0.1) is 0 Å². The molecule has 0 aromatic heterocycles. The molecule has 2 N–H and O–H groups in total. The van der Waals surface area contributed by atoms with Crippen LogP contribution in [0.1, 0.15) is 45.4 Å². The third kappa shape index (κ3) is 8.06. The zero-order valence-corrected chi connectivity index (χ0v) is 11.8. The molecule has 0 rings (SSSR count). The van der Waals surface area contributed by atoms with Crippen molar-refractivity contribution < 1.29 is 14.3 Å². The zero-order valence-electron chi connectivity index (χ0n) is 11.8. The first-order valence-corrected chi connectivity index (χ1v) is 6.65. The van der Waals surface area contributed by atoms with Crippen molar-refractivity contribution in [2.75, 3.05) is 20.8 Å². The van der Waals surface area contributed by atoms with Gasteiger partial charge in [-0.3, -0.25) is 9.59 Å². The Morgan fingerprint density at radius 1 is 1.17 bits per heavy atom. The van der Waals surface area contributed by atoms with Gasteiger partial charge in [0.05, 0.1) is 0 Å². The molecule has 0 aromatic rings. The van der Waals surface area contributed by atoms with E-state index in [1.807, 2.05) is 0 Å². The summed E-state index contributed by atoms with van der Waals surface area (Å²) in [5.41, 5.74) is 0. The van der Waals surface area contributed by atoms with Crippen LogP contribution in [-0.4, -0.2) is 38.6 Å². The second-order valence-corrected chi connectivity index (χ2v) is 4.37. The summed E-state index contributed by atoms with van der Waals surface area (Å²) in [6, 6.07) is -0.445. The summed E-state index contributed by atoms with van der Waals surface area (Å²) in [4.78, 5) is 23.0. The number of carbonyl (C=O) groups excluding carboxylic acids is 2. The molecule has 0 aliphatic heterocycles. The smallest absolute Gasteiger partial charge is 0.246 e. The highest BCUT2D eigenvalue weighted by molar-refractivity contribution is 5.87. The van der Waals surface area contributed by atoms with E-state index in [-0.39, 0.29) is 18.4 Å². The van der Waals surface area contributed by atoms with Crippen LogP contribution in [0.25, 0.3) is 0 Å². The second-order valence-electron chi connectivity index (χ2n) is 4.37. The van der Waals surface area contributed by atoms with Gasteiger partial charge in [-0.15, -0.1) is 0 Å². The van der Waals surface area contributed by atoms with E-state index in [2.05, 4.69) is 17.6 Å². The highest BCUT2D eigenvalue weighted by Gasteiger charge is 2.18. The third-order valence-corrected chi connectivity index (χ3v) is 2.77. The van der Waals surface area contributed by atoms with Crippen molar-refractivity contribution in [2.24, 2.45) is 0 Å². The van der Waals surface area contributed by atoms with E-state index in [1.165, 1.54) is 26.4 Å². The van der Waals surface area contributed by atoms with Crippen LogP contribution >= 0.6 is 0 Å². The Kier molecular flexibility index (Phi) is 10.3. The number of rotatable bonds is 10. The van der Waals surface area contributed by atoms with Gasteiger partial charge in [0.15, 0.2) is 0 Å². The number of nitrogens with one attached hydrogen (secondary N) is 2. The van der Waals surface area contributed by atoms with Gasteiger partial charge in [-0.2, -0.15) is 0 Å². The van der Waals surface area contributed by atoms with Crippen molar-refractivity contribution >= 4 is 11.8 Å². The second kappa shape index (κ2) is 11.0. The van der Waals surface area contributed by atoms with Crippen molar-refractivity contribution in [2.45, 2.75) is 51.5 Å². The van der Waals surface area contributed by atoms with E-state index in [0.717, 1.165) is 12.8 Å². The van der Waals surface area contributed by atoms with Crippen molar-refractivity contribution in [3.05, 3.63) is 0 Å². The van der Waals surface area contributed by atoms with E-state index >= 15 is 0 Å². The minimum atomic E-state index is -0.445. The maximum atomic E-state index is 11.6. The van der Waals surface area contributed by atoms with Gasteiger partial charge in [-0.05, 0) is 6.42 Å². The highest BCUT2D eigenvalue weighted by atomic mass is 16.5. The van der Waals surface area contributed by atoms with E-state index in [1.54, 1.807) is 7.05 Å². The summed E-state index contributed by atoms with van der Waals surface area (Å²) in [6.07, 6.45) is 6.33. The molecule has 0 saturated heterocycles. The minimum Gasteiger partial charge on any atom is -0.375 e. The fraction of sp³-hybridized carbons (Fsp3) is 0.846. The van der Waals surface area contributed by atoms with Gasteiger partial charge in [0.1, 0.15) is 12.6 Å². The predicted octanol–water partition coefficient (Wildman–Crippen LogP) is 1.22. The van der Waals surface area contributed by atoms with Crippen LogP contribution in [0.2, 0.25) is 0 Å². The van der Waals surface area contributed by atoms with E-state index in [0.29, 0.717) is 6.42 Å². The maximum Gasteiger partial charge on any atom is 0.246 e. The number of carbonyl (C=O) groups is 2. The minimum absolute atomic E-state index is 0.0106. The van der Waals surface area contributed by atoms with Crippen molar-refractivity contribution in [1.29, 1.82) is 0 Å². The van der Waals surface area contributed by atoms with Crippen molar-refractivity contribution in [3.63, 3.8) is 0 Å². The van der Waals surface area contributed by atoms with Crippen LogP contribution in [0.5, 0.6) is 0 Å². The fourth-order valence-electron chi connectivity index (χ4n) is 1.76. The van der Waals surface area contributed by atoms with Gasteiger partial charge in [0.25, 0.3) is 0 Å². The Labute approximate surface area is 110 Å². The monoisotopic (exact) mass is 258 g/mol. The van der Waals surface area contributed by atoms with Gasteiger partial charge >= 0.3 is 0 Å². The molecule has 0 bridgehead atoms. The lowest BCUT2D eigenvalue weighted by molar-refractivity contribution is -0.130. The molecular formula is C13H26N2O3. The molecular weight excluding hydrogens is 232 g/mol. The predicted molar refractivity (Wildman–Crippen MR) is 71.2 cm³/mol. The van der Waals surface area contributed by atoms with E-state index in [9.17, 15) is 9.59 Å². The molecule has 5 heteroatoms. The molecule has 0 heterocycles. The van der Waals surface area contributed by atoms with Gasteiger partial charge in [-0.25, -0.2) is 0 Å². The number of ether oxygens (including phenoxy) is 1. The van der Waals surface area contributed by atoms with Gasteiger partial charge in [0.2, 0.25) is 11.8 Å². The number of hydrogen-bond acceptors (Lipinski definition) is 3. The van der Waals surface area contributed by atoms with Gasteiger partial charge in [-0.1, -0.05) is 39.0 Å². The average Bonchev–Trinajstić information content (AvgIpc) is 2.36. The Bertz CT molecular complexity index is 244. The molecule has 0 fully saturated rings. The number of unbranched alkanes of at least 4 members (excludes halogenated alkanes) is 4. The summed E-state index contributed by atoms with van der Waals surface area (Å²) in [7, 11) is 3.04. The summed E-state index contributed by atoms with van der Waals surface area (Å²) < 4.78 is 4.73. The first-order valence-electron chi connectivity index (χ1n) is 6.65. The molecule has 0 aromatic carbocycles. The summed E-state index contributed by atoms with van der Waals surface area (Å²) >= 11 is 0. The summed E-state index contributed by atoms with van der Waals surface area (Å²) in [6.45, 7) is 2.15. The molecule has 18 heavy (non-hydrogen) atoms.